The minimum absolute atomic E-state index is 0. The fourth-order valence-corrected chi connectivity index (χ4v) is 7.69. The minimum Gasteiger partial charge on any atom is -0.494 e. The molecule has 0 unspecified atom stereocenters. The van der Waals surface area contributed by atoms with E-state index in [1.807, 2.05) is 0 Å². The molecule has 0 radical (unpaired) electrons. The van der Waals surface area contributed by atoms with Crippen molar-refractivity contribution < 1.29 is 52.1 Å². The van der Waals surface area contributed by atoms with Gasteiger partial charge in [-0.25, -0.2) is 19.9 Å². The Hall–Kier alpha value is -10.6. The molecule has 0 saturated carbocycles. The van der Waals surface area contributed by atoms with Crippen molar-refractivity contribution in [3.05, 3.63) is 157 Å². The van der Waals surface area contributed by atoms with Crippen LogP contribution in [0.15, 0.2) is 110 Å². The Labute approximate surface area is 505 Å². The van der Waals surface area contributed by atoms with Crippen LogP contribution in [0.5, 0.6) is 23.0 Å². The summed E-state index contributed by atoms with van der Waals surface area (Å²) in [5.74, 6) is 1.34. The topological polar surface area (TPSA) is 381 Å². The number of aryl methyl sites for hydroxylation is 3. The van der Waals surface area contributed by atoms with Gasteiger partial charge in [0.2, 0.25) is 11.5 Å². The first-order chi connectivity index (χ1) is 43.8. The number of rotatable bonds is 14. The fourth-order valence-electron chi connectivity index (χ4n) is 7.07. The minimum atomic E-state index is -2.46. The van der Waals surface area contributed by atoms with E-state index >= 15 is 0 Å². The number of ketones is 2. The fraction of sp³-hybridized carbons (Fsp3) is 0.176. The van der Waals surface area contributed by atoms with Crippen molar-refractivity contribution in [2.75, 3.05) is 39.5 Å². The van der Waals surface area contributed by atoms with Crippen LogP contribution in [-0.4, -0.2) is 130 Å². The van der Waals surface area contributed by atoms with E-state index < -0.39 is 30.8 Å². The monoisotopic (exact) mass is 1220 g/mol. The van der Waals surface area contributed by atoms with Gasteiger partial charge in [0, 0.05) is 66.7 Å². The number of benzene rings is 4. The van der Waals surface area contributed by atoms with E-state index in [2.05, 4.69) is 71.1 Å². The van der Waals surface area contributed by atoms with Gasteiger partial charge in [-0.1, -0.05) is 59.1 Å². The number of nitrogens with two attached hydrogens (primary N) is 1. The van der Waals surface area contributed by atoms with Gasteiger partial charge in [0.1, 0.15) is 31.0 Å². The summed E-state index contributed by atoms with van der Waals surface area (Å²) in [4.78, 5) is 59.0. The van der Waals surface area contributed by atoms with Crippen LogP contribution >= 0.6 is 34.8 Å². The average Bonchev–Trinajstić information content (AvgIpc) is 1.47. The van der Waals surface area contributed by atoms with E-state index in [1.165, 1.54) is 85.0 Å². The highest BCUT2D eigenvalue weighted by Crippen LogP contribution is 2.39. The third kappa shape index (κ3) is 15.9. The summed E-state index contributed by atoms with van der Waals surface area (Å²) in [5, 5.41) is 57.8. The molecule has 33 heteroatoms. The molecule has 0 saturated heterocycles. The summed E-state index contributed by atoms with van der Waals surface area (Å²) in [6, 6.07) is 21.9. The lowest BCUT2D eigenvalue weighted by Gasteiger charge is -2.15. The molecule has 10 aromatic rings. The van der Waals surface area contributed by atoms with E-state index in [0.717, 1.165) is 28.3 Å². The number of hydrogen-bond acceptors (Lipinski definition) is 24. The molecule has 436 valence electrons. The summed E-state index contributed by atoms with van der Waals surface area (Å²) in [6.07, 6.45) is 4.65. The summed E-state index contributed by atoms with van der Waals surface area (Å²) >= 11 is 17.0. The first-order valence-electron chi connectivity index (χ1n) is 27.7. The van der Waals surface area contributed by atoms with Gasteiger partial charge >= 0.3 is 11.4 Å². The number of nitro groups is 2. The molecular formula is C51H51Cl3N20O10. The van der Waals surface area contributed by atoms with Crippen molar-refractivity contribution in [1.29, 1.82) is 0 Å². The number of halogens is 3. The van der Waals surface area contributed by atoms with Crippen LogP contribution < -0.4 is 30.0 Å². The molecule has 6 heterocycles. The molecule has 0 aliphatic carbocycles. The highest BCUT2D eigenvalue weighted by molar-refractivity contribution is 6.35. The Morgan fingerprint density at radius 2 is 1.04 bits per heavy atom. The zero-order valence-electron chi connectivity index (χ0n) is 53.3. The molecule has 0 aliphatic heterocycles. The van der Waals surface area contributed by atoms with Crippen molar-refractivity contribution in [3.8, 4) is 68.5 Å². The van der Waals surface area contributed by atoms with Gasteiger partial charge in [-0.3, -0.25) is 49.0 Å². The van der Waals surface area contributed by atoms with Crippen LogP contribution in [0.3, 0.4) is 0 Å². The van der Waals surface area contributed by atoms with Crippen molar-refractivity contribution >= 4 is 74.8 Å². The van der Waals surface area contributed by atoms with Gasteiger partial charge in [-0.15, -0.1) is 20.4 Å². The zero-order chi connectivity index (χ0) is 68.7. The smallest absolute Gasteiger partial charge is 0.311 e. The number of Topliss-reactive ketones (excluding diaryl/α,β-unsaturated/α-hetero) is 2. The van der Waals surface area contributed by atoms with E-state index in [0.29, 0.717) is 55.8 Å². The zero-order valence-corrected chi connectivity index (χ0v) is 46.6. The maximum Gasteiger partial charge on any atom is 0.311 e. The summed E-state index contributed by atoms with van der Waals surface area (Å²) in [6.45, 7) is -4.52. The number of carbonyl (C=O) groups is 2. The molecule has 0 bridgehead atoms. The average molecular weight is 1220 g/mol. The van der Waals surface area contributed by atoms with Gasteiger partial charge in [-0.2, -0.15) is 20.4 Å². The standard InChI is InChI=1S/C16H15ClN6O2.C10H10N4O3.C10H12N4O.C9H8N4O3.C6H4Cl2N2O.H2/c1-9(24)14-12(7-13(17)20-21-14)19-11-6-4-5-10(15(11)25-3)16-18-8-23(2)22-16;1-13-6-11-10(12-13)7-4-3-5-8(14(15)16)9(7)17-2;1-14-6-12-10(13-14)7-4-3-5-8(11)9(7)15-2;1-16-8-6(9-10-5-11-12-9)3-2-4-7(8)13(14)15;1-3(11)6-4(7)2-5(8)9-10-6;/h4-8H,1-3H3,(H,19,20);3-6H,1-2H3;3-6H,11H2,1-2H3;2-5H,1H3,(H,10,11,12);2H,1H3;1H/i2D3;2*1D3;;;. The second kappa shape index (κ2) is 29.2. The number of aromatic nitrogens is 16. The number of para-hydroxylation sites is 4. The first kappa shape index (κ1) is 50.4. The van der Waals surface area contributed by atoms with Gasteiger partial charge in [0.15, 0.2) is 62.4 Å². The molecule has 84 heavy (non-hydrogen) atoms. The number of H-pyrrole nitrogens is 1. The number of carbonyl (C=O) groups excluding carboxylic acids is 2. The summed E-state index contributed by atoms with van der Waals surface area (Å²) in [5.41, 5.74) is 8.75. The number of methoxy groups -OCH3 is 4. The Morgan fingerprint density at radius 3 is 1.48 bits per heavy atom. The van der Waals surface area contributed by atoms with Crippen LogP contribution in [0.1, 0.15) is 48.6 Å². The highest BCUT2D eigenvalue weighted by atomic mass is 35.5. The summed E-state index contributed by atoms with van der Waals surface area (Å²) in [7, 11) is 5.60. The lowest BCUT2D eigenvalue weighted by atomic mass is 10.1. The third-order valence-corrected chi connectivity index (χ3v) is 11.2. The molecule has 0 aliphatic rings. The maximum atomic E-state index is 11.8. The van der Waals surface area contributed by atoms with Crippen molar-refractivity contribution in [1.82, 2.24) is 79.9 Å². The van der Waals surface area contributed by atoms with Crippen LogP contribution in [0.2, 0.25) is 15.3 Å². The molecule has 0 atom stereocenters. The van der Waals surface area contributed by atoms with Crippen molar-refractivity contribution in [2.45, 2.75) is 13.8 Å². The number of ether oxygens (including phenoxy) is 4. The molecule has 4 N–H and O–H groups in total. The number of hydrogen-bond donors (Lipinski definition) is 3. The second-order valence-electron chi connectivity index (χ2n) is 15.9. The quantitative estimate of drug-likeness (QED) is 0.0395. The molecule has 0 spiro atoms. The van der Waals surface area contributed by atoms with Crippen molar-refractivity contribution in [3.63, 3.8) is 0 Å². The number of aromatic amines is 1. The molecule has 6 aromatic heterocycles. The van der Waals surface area contributed by atoms with Crippen LogP contribution in [0.4, 0.5) is 28.4 Å². The predicted molar refractivity (Wildman–Crippen MR) is 310 cm³/mol. The first-order valence-corrected chi connectivity index (χ1v) is 24.3. The Kier molecular flexibility index (Phi) is 17.5. The number of nitrogens with zero attached hydrogens (tertiary/aromatic N) is 17. The van der Waals surface area contributed by atoms with E-state index in [1.54, 1.807) is 48.5 Å². The molecule has 0 fully saturated rings. The van der Waals surface area contributed by atoms with Gasteiger partial charge < -0.3 is 30.0 Å². The molecule has 10 rings (SSSR count). The van der Waals surface area contributed by atoms with Gasteiger partial charge in [-0.05, 0) is 42.5 Å². The Balaban J connectivity index is 0.000000219. The lowest BCUT2D eigenvalue weighted by molar-refractivity contribution is -0.385. The largest absolute Gasteiger partial charge is 0.494 e. The highest BCUT2D eigenvalue weighted by Gasteiger charge is 2.23. The molecule has 4 aromatic carbocycles. The van der Waals surface area contributed by atoms with Crippen LogP contribution in [0, 0.1) is 20.2 Å². The molecular weight excluding hydrogens is 1160 g/mol. The van der Waals surface area contributed by atoms with E-state index in [4.69, 9.17) is 71.8 Å². The van der Waals surface area contributed by atoms with Gasteiger partial charge in [0.05, 0.1) is 82.6 Å². The van der Waals surface area contributed by atoms with Crippen LogP contribution in [0.25, 0.3) is 45.6 Å². The Morgan fingerprint density at radius 1 is 0.595 bits per heavy atom. The van der Waals surface area contributed by atoms with Crippen LogP contribution in [-0.2, 0) is 20.9 Å². The maximum absolute atomic E-state index is 11.8. The number of nitrogens with one attached hydrogen (secondary N) is 2. The lowest BCUT2D eigenvalue weighted by Crippen LogP contribution is -2.06. The molecule has 30 nitrogen and oxygen atoms in total. The normalized spacial score (nSPS) is 12.3. The van der Waals surface area contributed by atoms with E-state index in [9.17, 15) is 29.8 Å². The number of anilines is 3. The molecule has 0 amide bonds. The van der Waals surface area contributed by atoms with Crippen molar-refractivity contribution in [2.24, 2.45) is 20.9 Å². The number of nitrogen functional groups attached to an aromatic ring is 1. The predicted octanol–water partition coefficient (Wildman–Crippen LogP) is 8.97. The van der Waals surface area contributed by atoms with Gasteiger partial charge in [0.25, 0.3) is 0 Å². The SMILES string of the molecule is CC(=O)c1nnc(Cl)cc1Cl.COc1c(-c2ncn[nH]2)cccc1[N+](=O)[O-].[2H]C([2H])([2H])n1cnc(-c2cccc(N)c2OC)n1.[2H]C([2H])([2H])n1cnc(-c2cccc(Nc3cc(Cl)nnc3C(C)=O)c2OC)n1.[2H]C([2H])([2H])n1cnc(-c2cccc([N+](=O)[O-])c2OC)n1.[HH]. The third-order valence-electron chi connectivity index (χ3n) is 10.5. The second-order valence-corrected chi connectivity index (χ2v) is 17.1. The number of nitro benzene ring substituents is 2. The van der Waals surface area contributed by atoms with E-state index in [-0.39, 0.29) is 85.6 Å². The Bertz CT molecular complexity index is 4290. The summed E-state index contributed by atoms with van der Waals surface area (Å²) < 4.78 is 88.6.